The molecule has 0 spiro atoms. The smallest absolute Gasteiger partial charge is 0.272 e. The van der Waals surface area contributed by atoms with E-state index in [4.69, 9.17) is 4.74 Å². The summed E-state index contributed by atoms with van der Waals surface area (Å²) in [5, 5.41) is 23.1. The van der Waals surface area contributed by atoms with Crippen LogP contribution in [0.4, 0.5) is 5.69 Å². The van der Waals surface area contributed by atoms with Gasteiger partial charge in [-0.2, -0.15) is 5.26 Å². The molecular formula is C14H19N3O3. The Balaban J connectivity index is 2.77. The fourth-order valence-electron chi connectivity index (χ4n) is 1.89. The van der Waals surface area contributed by atoms with Gasteiger partial charge in [0.2, 0.25) is 0 Å². The van der Waals surface area contributed by atoms with E-state index in [1.54, 1.807) is 19.9 Å². The van der Waals surface area contributed by atoms with E-state index in [0.717, 1.165) is 0 Å². The summed E-state index contributed by atoms with van der Waals surface area (Å²) in [6, 6.07) is 6.88. The molecule has 0 bridgehead atoms. The van der Waals surface area contributed by atoms with Crippen molar-refractivity contribution in [2.45, 2.75) is 39.3 Å². The zero-order valence-corrected chi connectivity index (χ0v) is 12.1. The number of hydrogen-bond donors (Lipinski definition) is 1. The minimum Gasteiger partial charge on any atom is -0.491 e. The molecule has 0 aliphatic heterocycles. The maximum Gasteiger partial charge on any atom is 0.272 e. The van der Waals surface area contributed by atoms with Gasteiger partial charge in [0, 0.05) is 17.7 Å². The number of rotatable bonds is 6. The van der Waals surface area contributed by atoms with Crippen LogP contribution in [0.2, 0.25) is 0 Å². The molecule has 1 atom stereocenters. The summed E-state index contributed by atoms with van der Waals surface area (Å²) in [6.45, 7) is 7.47. The molecule has 1 rings (SSSR count). The van der Waals surface area contributed by atoms with E-state index >= 15 is 0 Å². The van der Waals surface area contributed by atoms with Gasteiger partial charge in [-0.3, -0.25) is 15.4 Å². The molecule has 1 unspecified atom stereocenters. The second-order valence-electron chi connectivity index (χ2n) is 5.24. The Morgan fingerprint density at radius 3 is 2.65 bits per heavy atom. The third-order valence-electron chi connectivity index (χ3n) is 2.75. The van der Waals surface area contributed by atoms with Gasteiger partial charge in [0.05, 0.1) is 11.0 Å². The summed E-state index contributed by atoms with van der Waals surface area (Å²) >= 11 is 0. The topological polar surface area (TPSA) is 88.2 Å². The largest absolute Gasteiger partial charge is 0.491 e. The van der Waals surface area contributed by atoms with E-state index in [-0.39, 0.29) is 18.3 Å². The number of nitro groups is 1. The minimum atomic E-state index is -0.802. The molecular weight excluding hydrogens is 258 g/mol. The molecule has 0 radical (unpaired) electrons. The Bertz CT molecular complexity index is 537. The maximum absolute atomic E-state index is 10.7. The Hall–Kier alpha value is -2.13. The number of hydrogen-bond acceptors (Lipinski definition) is 5. The third kappa shape index (κ3) is 4.21. The van der Waals surface area contributed by atoms with E-state index < -0.39 is 10.5 Å². The van der Waals surface area contributed by atoms with Crippen molar-refractivity contribution in [2.24, 2.45) is 0 Å². The Morgan fingerprint density at radius 1 is 1.55 bits per heavy atom. The fraction of sp³-hybridized carbons (Fsp3) is 0.500. The molecule has 0 saturated heterocycles. The van der Waals surface area contributed by atoms with Crippen molar-refractivity contribution < 1.29 is 9.66 Å². The predicted molar refractivity (Wildman–Crippen MR) is 75.6 cm³/mol. The number of ether oxygens (including phenoxy) is 1. The highest BCUT2D eigenvalue weighted by Crippen LogP contribution is 2.23. The van der Waals surface area contributed by atoms with Gasteiger partial charge in [0.1, 0.15) is 17.9 Å². The average Bonchev–Trinajstić information content (AvgIpc) is 2.35. The molecule has 0 amide bonds. The first kappa shape index (κ1) is 15.9. The molecule has 0 aromatic heterocycles. The van der Waals surface area contributed by atoms with Gasteiger partial charge >= 0.3 is 0 Å². The van der Waals surface area contributed by atoms with Crippen molar-refractivity contribution in [2.75, 3.05) is 6.61 Å². The first-order valence-corrected chi connectivity index (χ1v) is 6.34. The quantitative estimate of drug-likeness (QED) is 0.637. The lowest BCUT2D eigenvalue weighted by atomic mass is 10.1. The van der Waals surface area contributed by atoms with Gasteiger partial charge in [-0.25, -0.2) is 0 Å². The first-order valence-electron chi connectivity index (χ1n) is 6.34. The van der Waals surface area contributed by atoms with E-state index in [0.29, 0.717) is 11.3 Å². The van der Waals surface area contributed by atoms with Gasteiger partial charge in [0.15, 0.2) is 0 Å². The average molecular weight is 277 g/mol. The lowest BCUT2D eigenvalue weighted by Gasteiger charge is -2.25. The molecule has 0 fully saturated rings. The van der Waals surface area contributed by atoms with Crippen LogP contribution in [0.3, 0.4) is 0 Å². The monoisotopic (exact) mass is 277 g/mol. The van der Waals surface area contributed by atoms with Crippen LogP contribution in [0.1, 0.15) is 26.3 Å². The van der Waals surface area contributed by atoms with Crippen molar-refractivity contribution in [3.8, 4) is 11.8 Å². The molecule has 108 valence electrons. The van der Waals surface area contributed by atoms with E-state index in [1.807, 2.05) is 13.8 Å². The second kappa shape index (κ2) is 6.35. The summed E-state index contributed by atoms with van der Waals surface area (Å²) in [6.07, 6.45) is 0. The molecule has 1 aromatic carbocycles. The van der Waals surface area contributed by atoms with Gasteiger partial charge in [-0.05, 0) is 39.8 Å². The minimum absolute atomic E-state index is 0.0562. The van der Waals surface area contributed by atoms with E-state index in [1.165, 1.54) is 12.1 Å². The number of nitro benzene ring substituents is 1. The van der Waals surface area contributed by atoms with Crippen molar-refractivity contribution in [3.05, 3.63) is 33.9 Å². The van der Waals surface area contributed by atoms with Crippen LogP contribution < -0.4 is 10.1 Å². The molecule has 1 N–H and O–H groups in total. The highest BCUT2D eigenvalue weighted by atomic mass is 16.6. The van der Waals surface area contributed by atoms with Crippen LogP contribution in [0.15, 0.2) is 18.2 Å². The Morgan fingerprint density at radius 2 is 2.20 bits per heavy atom. The van der Waals surface area contributed by atoms with Crippen LogP contribution in [0.5, 0.6) is 5.75 Å². The van der Waals surface area contributed by atoms with Gasteiger partial charge in [-0.15, -0.1) is 0 Å². The highest BCUT2D eigenvalue weighted by molar-refractivity contribution is 5.44. The van der Waals surface area contributed by atoms with Crippen LogP contribution in [0, 0.1) is 28.4 Å². The number of nitriles is 1. The summed E-state index contributed by atoms with van der Waals surface area (Å²) in [5.74, 6) is 0.514. The molecule has 1 aromatic rings. The summed E-state index contributed by atoms with van der Waals surface area (Å²) in [4.78, 5) is 10.3. The zero-order valence-electron chi connectivity index (χ0n) is 12.1. The van der Waals surface area contributed by atoms with Crippen LogP contribution in [-0.2, 0) is 0 Å². The van der Waals surface area contributed by atoms with Crippen LogP contribution in [-0.4, -0.2) is 23.1 Å². The lowest BCUT2D eigenvalue weighted by molar-refractivity contribution is -0.385. The van der Waals surface area contributed by atoms with Crippen LogP contribution in [0.25, 0.3) is 0 Å². The summed E-state index contributed by atoms with van der Waals surface area (Å²) < 4.78 is 5.57. The van der Waals surface area contributed by atoms with Crippen molar-refractivity contribution in [1.82, 2.24) is 5.32 Å². The highest BCUT2D eigenvalue weighted by Gasteiger charge is 2.25. The lowest BCUT2D eigenvalue weighted by Crippen LogP contribution is -2.49. The van der Waals surface area contributed by atoms with Gasteiger partial charge < -0.3 is 4.74 Å². The number of aryl methyl sites for hydroxylation is 1. The van der Waals surface area contributed by atoms with Crippen molar-refractivity contribution >= 4 is 5.69 Å². The molecule has 0 aliphatic rings. The van der Waals surface area contributed by atoms with Crippen LogP contribution >= 0.6 is 0 Å². The third-order valence-corrected chi connectivity index (χ3v) is 2.75. The Labute approximate surface area is 118 Å². The first-order chi connectivity index (χ1) is 9.27. The maximum atomic E-state index is 10.7. The van der Waals surface area contributed by atoms with E-state index in [2.05, 4.69) is 11.4 Å². The predicted octanol–water partition coefficient (Wildman–Crippen LogP) is 2.56. The Kier molecular flexibility index (Phi) is 5.06. The molecule has 0 aliphatic carbocycles. The fourth-order valence-corrected chi connectivity index (χ4v) is 1.89. The molecule has 6 nitrogen and oxygen atoms in total. The number of nitrogens with zero attached hydrogens (tertiary/aromatic N) is 2. The summed E-state index contributed by atoms with van der Waals surface area (Å²) in [5.41, 5.74) is -0.215. The zero-order chi connectivity index (χ0) is 15.3. The molecule has 20 heavy (non-hydrogen) atoms. The molecule has 0 saturated carbocycles. The second-order valence-corrected chi connectivity index (χ2v) is 5.24. The van der Waals surface area contributed by atoms with Crippen molar-refractivity contribution in [3.63, 3.8) is 0 Å². The van der Waals surface area contributed by atoms with Gasteiger partial charge in [-0.1, -0.05) is 0 Å². The standard InChI is InChI=1S/C14H19N3O3/c1-10(2)16-14(4,8-15)9-20-12-5-6-13(17(18)19)11(3)7-12/h5-7,10,16H,9H2,1-4H3. The van der Waals surface area contributed by atoms with Crippen molar-refractivity contribution in [1.29, 1.82) is 5.26 Å². The normalized spacial score (nSPS) is 13.6. The summed E-state index contributed by atoms with van der Waals surface area (Å²) in [7, 11) is 0. The number of benzene rings is 1. The van der Waals surface area contributed by atoms with Gasteiger partial charge in [0.25, 0.3) is 5.69 Å². The number of nitrogens with one attached hydrogen (secondary N) is 1. The van der Waals surface area contributed by atoms with E-state index in [9.17, 15) is 15.4 Å². The molecule has 6 heteroatoms. The molecule has 0 heterocycles. The SMILES string of the molecule is Cc1cc(OCC(C)(C#N)NC(C)C)ccc1[N+](=O)[O-].